The van der Waals surface area contributed by atoms with Gasteiger partial charge >= 0.3 is 0 Å². The zero-order valence-corrected chi connectivity index (χ0v) is 18.5. The molecule has 1 aliphatic rings. The molecule has 0 radical (unpaired) electrons. The van der Waals surface area contributed by atoms with Gasteiger partial charge in [-0.2, -0.15) is 0 Å². The Kier molecular flexibility index (Phi) is 19.9. The van der Waals surface area contributed by atoms with E-state index in [0.29, 0.717) is 19.4 Å². The Morgan fingerprint density at radius 3 is 1.85 bits per heavy atom. The van der Waals surface area contributed by atoms with Crippen molar-refractivity contribution in [3.63, 3.8) is 0 Å². The van der Waals surface area contributed by atoms with Crippen molar-refractivity contribution < 1.29 is 14.4 Å². The molecule has 2 N–H and O–H groups in total. The molecule has 0 saturated carbocycles. The Morgan fingerprint density at radius 1 is 0.926 bits per heavy atom. The van der Waals surface area contributed by atoms with Crippen LogP contribution >= 0.6 is 0 Å². The van der Waals surface area contributed by atoms with Gasteiger partial charge in [-0.05, 0) is 12.8 Å². The number of hydrogen-bond donors (Lipinski definition) is 2. The Labute approximate surface area is 166 Å². The second-order valence-electron chi connectivity index (χ2n) is 6.37. The van der Waals surface area contributed by atoms with Crippen molar-refractivity contribution in [1.29, 1.82) is 0 Å². The summed E-state index contributed by atoms with van der Waals surface area (Å²) in [6.07, 6.45) is 9.64. The molecule has 6 heteroatoms. The highest BCUT2D eigenvalue weighted by atomic mass is 16.2. The molecule has 0 bridgehead atoms. The zero-order chi connectivity index (χ0) is 21.1. The van der Waals surface area contributed by atoms with E-state index in [1.54, 1.807) is 7.05 Å². The maximum atomic E-state index is 11.7. The third-order valence-electron chi connectivity index (χ3n) is 4.27. The molecule has 27 heavy (non-hydrogen) atoms. The summed E-state index contributed by atoms with van der Waals surface area (Å²) in [5.41, 5.74) is 5.19. The minimum atomic E-state index is -0.127. The molecule has 0 aromatic carbocycles. The second kappa shape index (κ2) is 19.3. The van der Waals surface area contributed by atoms with Gasteiger partial charge in [-0.1, -0.05) is 73.1 Å². The highest BCUT2D eigenvalue weighted by Crippen LogP contribution is 2.19. The van der Waals surface area contributed by atoms with Gasteiger partial charge in [-0.25, -0.2) is 5.43 Å². The van der Waals surface area contributed by atoms with E-state index in [1.165, 1.54) is 17.7 Å². The van der Waals surface area contributed by atoms with Crippen LogP contribution in [0.3, 0.4) is 0 Å². The van der Waals surface area contributed by atoms with E-state index in [9.17, 15) is 14.4 Å². The van der Waals surface area contributed by atoms with Gasteiger partial charge in [0.1, 0.15) is 0 Å². The lowest BCUT2D eigenvalue weighted by Gasteiger charge is -2.13. The van der Waals surface area contributed by atoms with Crippen molar-refractivity contribution in [3.05, 3.63) is 0 Å². The molecule has 0 aromatic rings. The molecule has 160 valence electrons. The first-order chi connectivity index (χ1) is 13.1. The van der Waals surface area contributed by atoms with Crippen LogP contribution in [0.15, 0.2) is 0 Å². The van der Waals surface area contributed by atoms with Gasteiger partial charge in [0.25, 0.3) is 0 Å². The first kappa shape index (κ1) is 27.8. The average Bonchev–Trinajstić information content (AvgIpc) is 2.92. The van der Waals surface area contributed by atoms with Gasteiger partial charge in [0.2, 0.25) is 17.7 Å². The number of nitrogens with one attached hydrogen (secondary N) is 2. The monoisotopic (exact) mass is 385 g/mol. The lowest BCUT2D eigenvalue weighted by molar-refractivity contribution is -0.139. The van der Waals surface area contributed by atoms with E-state index in [1.807, 2.05) is 34.6 Å². The number of carbonyl (C=O) groups is 3. The molecule has 3 amide bonds. The lowest BCUT2D eigenvalue weighted by atomic mass is 10.1. The Balaban J connectivity index is 0. The number of carbonyl (C=O) groups excluding carboxylic acids is 3. The van der Waals surface area contributed by atoms with E-state index in [-0.39, 0.29) is 23.6 Å². The van der Waals surface area contributed by atoms with Gasteiger partial charge in [-0.15, -0.1) is 0 Å². The quantitative estimate of drug-likeness (QED) is 0.300. The molecule has 0 aliphatic carbocycles. The molecular formula is C21H43N3O3. The van der Waals surface area contributed by atoms with E-state index >= 15 is 0 Å². The number of hydrazine groups is 1. The standard InChI is InChI=1S/C17H31N3O3.2C2H6/c1-14-13-16(22)20(17(14)23)12-10-8-6-4-3-5-7-9-11-15(21)19-18-2;2*1-2/h14,18H,3-13H2,1-2H3,(H,19,21);2*1-2H3. The fraction of sp³-hybridized carbons (Fsp3) is 0.857. The molecule has 1 unspecified atom stereocenters. The molecule has 1 rings (SSSR count). The SMILES string of the molecule is CC.CC.CNNC(=O)CCCCCCCCCCN1C(=O)CC(C)C1=O. The number of likely N-dealkylation sites (tertiary alicyclic amines) is 1. The summed E-state index contributed by atoms with van der Waals surface area (Å²) in [6.45, 7) is 10.4. The number of unbranched alkanes of at least 4 members (excludes halogenated alkanes) is 7. The summed E-state index contributed by atoms with van der Waals surface area (Å²) in [5, 5.41) is 0. The van der Waals surface area contributed by atoms with Crippen LogP contribution in [0.2, 0.25) is 0 Å². The summed E-state index contributed by atoms with van der Waals surface area (Å²) in [5.74, 6) is -0.0902. The Hall–Kier alpha value is -1.43. The van der Waals surface area contributed by atoms with Crippen molar-refractivity contribution in [1.82, 2.24) is 15.8 Å². The maximum absolute atomic E-state index is 11.7. The average molecular weight is 386 g/mol. The van der Waals surface area contributed by atoms with Gasteiger partial charge in [0.15, 0.2) is 0 Å². The Morgan fingerprint density at radius 2 is 1.41 bits per heavy atom. The minimum absolute atomic E-state index is 0.00249. The van der Waals surface area contributed by atoms with Crippen LogP contribution in [0, 0.1) is 5.92 Å². The topological polar surface area (TPSA) is 78.5 Å². The van der Waals surface area contributed by atoms with Crippen molar-refractivity contribution in [3.8, 4) is 0 Å². The first-order valence-electron chi connectivity index (χ1n) is 10.9. The van der Waals surface area contributed by atoms with Gasteiger partial charge in [-0.3, -0.25) is 24.7 Å². The number of hydrogen-bond acceptors (Lipinski definition) is 4. The van der Waals surface area contributed by atoms with E-state index in [0.717, 1.165) is 38.5 Å². The van der Waals surface area contributed by atoms with Crippen molar-refractivity contribution in [2.75, 3.05) is 13.6 Å². The van der Waals surface area contributed by atoms with Gasteiger partial charge in [0, 0.05) is 32.4 Å². The summed E-state index contributed by atoms with van der Waals surface area (Å²) in [6, 6.07) is 0. The molecule has 1 heterocycles. The number of rotatable bonds is 12. The van der Waals surface area contributed by atoms with Crippen LogP contribution < -0.4 is 10.9 Å². The van der Waals surface area contributed by atoms with E-state index < -0.39 is 0 Å². The molecule has 1 fully saturated rings. The summed E-state index contributed by atoms with van der Waals surface area (Å²) in [4.78, 5) is 36.0. The van der Waals surface area contributed by atoms with Crippen molar-refractivity contribution in [2.45, 2.75) is 98.8 Å². The summed E-state index contributed by atoms with van der Waals surface area (Å²) >= 11 is 0. The molecular weight excluding hydrogens is 342 g/mol. The minimum Gasteiger partial charge on any atom is -0.292 e. The number of imide groups is 1. The second-order valence-corrected chi connectivity index (χ2v) is 6.37. The highest BCUT2D eigenvalue weighted by Gasteiger charge is 2.34. The van der Waals surface area contributed by atoms with Crippen LogP contribution in [-0.2, 0) is 14.4 Å². The fourth-order valence-corrected chi connectivity index (χ4v) is 2.90. The zero-order valence-electron chi connectivity index (χ0n) is 18.5. The molecule has 1 atom stereocenters. The van der Waals surface area contributed by atoms with E-state index in [4.69, 9.17) is 0 Å². The summed E-state index contributed by atoms with van der Waals surface area (Å²) in [7, 11) is 1.69. The number of amides is 3. The van der Waals surface area contributed by atoms with Gasteiger partial charge in [0.05, 0.1) is 0 Å². The third-order valence-corrected chi connectivity index (χ3v) is 4.27. The molecule has 1 saturated heterocycles. The van der Waals surface area contributed by atoms with Crippen LogP contribution in [-0.4, -0.2) is 36.2 Å². The highest BCUT2D eigenvalue weighted by molar-refractivity contribution is 6.03. The smallest absolute Gasteiger partial charge is 0.234 e. The van der Waals surface area contributed by atoms with Crippen LogP contribution in [0.25, 0.3) is 0 Å². The molecule has 6 nitrogen and oxygen atoms in total. The van der Waals surface area contributed by atoms with E-state index in [2.05, 4.69) is 10.9 Å². The predicted octanol–water partition coefficient (Wildman–Crippen LogP) is 4.20. The molecule has 0 spiro atoms. The molecule has 1 aliphatic heterocycles. The number of nitrogens with zero attached hydrogens (tertiary/aromatic N) is 1. The fourth-order valence-electron chi connectivity index (χ4n) is 2.90. The van der Waals surface area contributed by atoms with Crippen molar-refractivity contribution in [2.24, 2.45) is 5.92 Å². The largest absolute Gasteiger partial charge is 0.292 e. The lowest BCUT2D eigenvalue weighted by Crippen LogP contribution is -2.33. The summed E-state index contributed by atoms with van der Waals surface area (Å²) < 4.78 is 0. The van der Waals surface area contributed by atoms with Crippen LogP contribution in [0.5, 0.6) is 0 Å². The molecule has 0 aromatic heterocycles. The Bertz CT molecular complexity index is 400. The third kappa shape index (κ3) is 13.4. The normalized spacial score (nSPS) is 15.6. The maximum Gasteiger partial charge on any atom is 0.234 e. The van der Waals surface area contributed by atoms with Gasteiger partial charge < -0.3 is 0 Å². The predicted molar refractivity (Wildman–Crippen MR) is 112 cm³/mol. The van der Waals surface area contributed by atoms with Crippen LogP contribution in [0.4, 0.5) is 0 Å². The first-order valence-corrected chi connectivity index (χ1v) is 10.9. The van der Waals surface area contributed by atoms with Crippen LogP contribution in [0.1, 0.15) is 98.8 Å². The van der Waals surface area contributed by atoms with Crippen molar-refractivity contribution >= 4 is 17.7 Å².